The summed E-state index contributed by atoms with van der Waals surface area (Å²) in [5.74, 6) is -2.02. The first-order chi connectivity index (χ1) is 17.0. The Morgan fingerprint density at radius 3 is 2.57 bits per heavy atom. The van der Waals surface area contributed by atoms with Crippen LogP contribution in [-0.4, -0.2) is 22.1 Å². The summed E-state index contributed by atoms with van der Waals surface area (Å²) in [6.45, 7) is 1.88. The Morgan fingerprint density at radius 1 is 1.06 bits per heavy atom. The van der Waals surface area contributed by atoms with Gasteiger partial charge in [-0.15, -0.1) is 0 Å². The number of benzene rings is 3. The largest absolute Gasteiger partial charge is 0.460 e. The van der Waals surface area contributed by atoms with Crippen LogP contribution in [0.15, 0.2) is 81.1 Å². The lowest BCUT2D eigenvalue weighted by atomic mass is 10.1. The van der Waals surface area contributed by atoms with Crippen molar-refractivity contribution >= 4 is 39.6 Å². The minimum Gasteiger partial charge on any atom is -0.460 e. The van der Waals surface area contributed by atoms with Crippen molar-refractivity contribution in [2.75, 3.05) is 6.61 Å². The van der Waals surface area contributed by atoms with Crippen molar-refractivity contribution in [1.29, 1.82) is 0 Å². The molecule has 0 aliphatic carbocycles. The van der Waals surface area contributed by atoms with E-state index in [0.717, 1.165) is 22.4 Å². The highest BCUT2D eigenvalue weighted by Gasteiger charge is 2.23. The number of hydrogen-bond acceptors (Lipinski definition) is 6. The number of para-hydroxylation sites is 2. The zero-order chi connectivity index (χ0) is 24.5. The van der Waals surface area contributed by atoms with Crippen molar-refractivity contribution in [2.24, 2.45) is 0 Å². The fraction of sp³-hybridized carbons (Fsp3) is 0.115. The van der Waals surface area contributed by atoms with Gasteiger partial charge in [-0.05, 0) is 37.3 Å². The smallest absolute Gasteiger partial charge is 0.374 e. The summed E-state index contributed by atoms with van der Waals surface area (Å²) in [4.78, 5) is 30.5. The van der Waals surface area contributed by atoms with Gasteiger partial charge in [0.2, 0.25) is 5.76 Å². The molecule has 0 aliphatic rings. The van der Waals surface area contributed by atoms with Gasteiger partial charge in [0.25, 0.3) is 5.56 Å². The molecule has 0 saturated heterocycles. The average molecular weight is 493 g/mol. The van der Waals surface area contributed by atoms with E-state index in [9.17, 15) is 18.4 Å². The van der Waals surface area contributed by atoms with E-state index >= 15 is 0 Å². The van der Waals surface area contributed by atoms with Gasteiger partial charge in [0, 0.05) is 22.8 Å². The maximum absolute atomic E-state index is 14.8. The molecule has 5 rings (SSSR count). The standard InChI is InChI=1S/C26H18F2N2O4S/c1-2-33-25(32)23-18(16-7-4-6-10-22(16)34-23)14-35-26-29-20-9-5-3-8-17(20)24(31)30(26)21-12-11-15(27)13-19(21)28/h3-13H,2,14H2,1H3. The summed E-state index contributed by atoms with van der Waals surface area (Å²) in [5, 5.41) is 1.19. The third kappa shape index (κ3) is 4.19. The molecule has 0 aliphatic heterocycles. The molecule has 9 heteroatoms. The Hall–Kier alpha value is -3.98. The van der Waals surface area contributed by atoms with Gasteiger partial charge >= 0.3 is 5.97 Å². The maximum Gasteiger partial charge on any atom is 0.374 e. The fourth-order valence-electron chi connectivity index (χ4n) is 3.82. The van der Waals surface area contributed by atoms with Crippen molar-refractivity contribution in [3.05, 3.63) is 100 Å². The number of carbonyl (C=O) groups excluding carboxylic acids is 1. The number of aromatic nitrogens is 2. The van der Waals surface area contributed by atoms with Crippen LogP contribution in [0.5, 0.6) is 0 Å². The van der Waals surface area contributed by atoms with E-state index in [4.69, 9.17) is 9.15 Å². The molecular weight excluding hydrogens is 474 g/mol. The molecule has 0 unspecified atom stereocenters. The number of furan rings is 1. The second kappa shape index (κ2) is 9.34. The average Bonchev–Trinajstić information content (AvgIpc) is 3.22. The van der Waals surface area contributed by atoms with Crippen LogP contribution >= 0.6 is 11.8 Å². The fourth-order valence-corrected chi connectivity index (χ4v) is 4.86. The van der Waals surface area contributed by atoms with E-state index in [0.29, 0.717) is 33.5 Å². The van der Waals surface area contributed by atoms with E-state index in [1.54, 1.807) is 43.3 Å². The van der Waals surface area contributed by atoms with Crippen molar-refractivity contribution in [3.8, 4) is 5.69 Å². The third-order valence-corrected chi connectivity index (χ3v) is 6.37. The van der Waals surface area contributed by atoms with Gasteiger partial charge in [-0.25, -0.2) is 18.6 Å². The third-order valence-electron chi connectivity index (χ3n) is 5.40. The van der Waals surface area contributed by atoms with Gasteiger partial charge in [-0.1, -0.05) is 42.1 Å². The number of ether oxygens (including phenoxy) is 1. The number of nitrogens with zero attached hydrogens (tertiary/aromatic N) is 2. The van der Waals surface area contributed by atoms with E-state index in [2.05, 4.69) is 4.98 Å². The van der Waals surface area contributed by atoms with E-state index in [1.165, 1.54) is 6.07 Å². The Balaban J connectivity index is 1.65. The molecule has 2 heterocycles. The van der Waals surface area contributed by atoms with Crippen molar-refractivity contribution in [2.45, 2.75) is 17.8 Å². The number of hydrogen-bond donors (Lipinski definition) is 0. The monoisotopic (exact) mass is 492 g/mol. The van der Waals surface area contributed by atoms with E-state index in [1.807, 2.05) is 12.1 Å². The molecule has 0 saturated carbocycles. The molecule has 0 atom stereocenters. The molecule has 6 nitrogen and oxygen atoms in total. The van der Waals surface area contributed by atoms with E-state index < -0.39 is 23.2 Å². The molecule has 5 aromatic rings. The molecule has 0 N–H and O–H groups in total. The molecule has 0 bridgehead atoms. The SMILES string of the molecule is CCOC(=O)c1oc2ccccc2c1CSc1nc2ccccc2c(=O)n1-c1ccc(F)cc1F. The van der Waals surface area contributed by atoms with Gasteiger partial charge in [0.1, 0.15) is 17.2 Å². The van der Waals surface area contributed by atoms with Crippen LogP contribution in [-0.2, 0) is 10.5 Å². The lowest BCUT2D eigenvalue weighted by molar-refractivity contribution is 0.0491. The number of halogens is 2. The quantitative estimate of drug-likeness (QED) is 0.167. The summed E-state index contributed by atoms with van der Waals surface area (Å²) in [7, 11) is 0. The summed E-state index contributed by atoms with van der Waals surface area (Å²) in [6, 6.07) is 16.9. The van der Waals surface area contributed by atoms with Crippen LogP contribution in [0.25, 0.3) is 27.6 Å². The first-order valence-electron chi connectivity index (χ1n) is 10.8. The molecule has 176 valence electrons. The molecule has 0 amide bonds. The van der Waals surface area contributed by atoms with Gasteiger partial charge in [0.05, 0.1) is 23.2 Å². The normalized spacial score (nSPS) is 11.3. The Kier molecular flexibility index (Phi) is 6.08. The number of carbonyl (C=O) groups is 1. The van der Waals surface area contributed by atoms with E-state index in [-0.39, 0.29) is 29.0 Å². The first kappa shape index (κ1) is 22.8. The highest BCUT2D eigenvalue weighted by Crippen LogP contribution is 2.33. The summed E-state index contributed by atoms with van der Waals surface area (Å²) in [5.41, 5.74) is 0.893. The highest BCUT2D eigenvalue weighted by atomic mass is 32.2. The van der Waals surface area contributed by atoms with Crippen LogP contribution in [0.2, 0.25) is 0 Å². The maximum atomic E-state index is 14.8. The van der Waals surface area contributed by atoms with Crippen molar-refractivity contribution in [3.63, 3.8) is 0 Å². The number of esters is 1. The summed E-state index contributed by atoms with van der Waals surface area (Å²) >= 11 is 1.13. The first-order valence-corrected chi connectivity index (χ1v) is 11.7. The Morgan fingerprint density at radius 2 is 1.80 bits per heavy atom. The predicted molar refractivity (Wildman–Crippen MR) is 129 cm³/mol. The number of thioether (sulfide) groups is 1. The summed E-state index contributed by atoms with van der Waals surface area (Å²) in [6.07, 6.45) is 0. The van der Waals surface area contributed by atoms with Gasteiger partial charge in [0.15, 0.2) is 5.16 Å². The lowest BCUT2D eigenvalue weighted by Gasteiger charge is -2.14. The molecule has 3 aromatic carbocycles. The van der Waals surface area contributed by atoms with Crippen molar-refractivity contribution in [1.82, 2.24) is 9.55 Å². The van der Waals surface area contributed by atoms with Gasteiger partial charge in [-0.2, -0.15) is 0 Å². The Labute approximate surface area is 202 Å². The van der Waals surface area contributed by atoms with Crippen LogP contribution in [0.3, 0.4) is 0 Å². The molecular formula is C26H18F2N2O4S. The molecule has 2 aromatic heterocycles. The van der Waals surface area contributed by atoms with Crippen molar-refractivity contribution < 1.29 is 22.7 Å². The zero-order valence-corrected chi connectivity index (χ0v) is 19.3. The predicted octanol–water partition coefficient (Wildman–Crippen LogP) is 5.88. The molecule has 35 heavy (non-hydrogen) atoms. The minimum atomic E-state index is -0.896. The molecule has 0 radical (unpaired) electrons. The highest BCUT2D eigenvalue weighted by molar-refractivity contribution is 7.98. The summed E-state index contributed by atoms with van der Waals surface area (Å²) < 4.78 is 40.4. The molecule has 0 spiro atoms. The number of fused-ring (bicyclic) bond motifs is 2. The van der Waals surface area contributed by atoms with Crippen LogP contribution in [0.4, 0.5) is 8.78 Å². The topological polar surface area (TPSA) is 74.3 Å². The molecule has 0 fully saturated rings. The zero-order valence-electron chi connectivity index (χ0n) is 18.5. The Bertz CT molecular complexity index is 1640. The van der Waals surface area contributed by atoms with Crippen LogP contribution in [0.1, 0.15) is 23.0 Å². The lowest BCUT2D eigenvalue weighted by Crippen LogP contribution is -2.22. The second-order valence-electron chi connectivity index (χ2n) is 7.56. The minimum absolute atomic E-state index is 0.0585. The second-order valence-corrected chi connectivity index (χ2v) is 8.51. The van der Waals surface area contributed by atoms with Crippen LogP contribution in [0, 0.1) is 11.6 Å². The van der Waals surface area contributed by atoms with Crippen LogP contribution < -0.4 is 5.56 Å². The van der Waals surface area contributed by atoms with Gasteiger partial charge in [-0.3, -0.25) is 9.36 Å². The van der Waals surface area contributed by atoms with Gasteiger partial charge < -0.3 is 9.15 Å². The number of rotatable bonds is 6.